The van der Waals surface area contributed by atoms with Gasteiger partial charge in [0.15, 0.2) is 0 Å². The van der Waals surface area contributed by atoms with Crippen molar-refractivity contribution in [1.82, 2.24) is 25.8 Å². The van der Waals surface area contributed by atoms with E-state index in [1.807, 2.05) is 60.7 Å². The largest absolute Gasteiger partial charge is 0.390 e. The van der Waals surface area contributed by atoms with E-state index in [4.69, 9.17) is 0 Å². The van der Waals surface area contributed by atoms with Crippen molar-refractivity contribution >= 4 is 53.3 Å². The number of rotatable bonds is 11. The molecule has 9 nitrogen and oxygen atoms in total. The summed E-state index contributed by atoms with van der Waals surface area (Å²) in [6.45, 7) is 6.62. The number of halogens is 2. The Kier molecular flexibility index (Phi) is 14.0. The second-order valence-electron chi connectivity index (χ2n) is 11.7. The van der Waals surface area contributed by atoms with Gasteiger partial charge in [-0.05, 0) is 47.9 Å². The second kappa shape index (κ2) is 16.7. The SMILES string of the molecule is CC(C)(C)C(=O)N(C(=O)[C@@H]1CCCN1)[C@H](Cc1ccc2ccccc2c1)C(=O)NCC(O)CNCc1ccccn1.Cl.Cl. The molecule has 0 saturated carbocycles. The summed E-state index contributed by atoms with van der Waals surface area (Å²) in [5.41, 5.74) is 0.792. The fourth-order valence-corrected chi connectivity index (χ4v) is 4.99. The van der Waals surface area contributed by atoms with Crippen LogP contribution in [-0.4, -0.2) is 70.5 Å². The van der Waals surface area contributed by atoms with E-state index in [0.717, 1.165) is 28.5 Å². The minimum Gasteiger partial charge on any atom is -0.390 e. The van der Waals surface area contributed by atoms with E-state index in [0.29, 0.717) is 19.5 Å². The van der Waals surface area contributed by atoms with E-state index in [2.05, 4.69) is 20.9 Å². The summed E-state index contributed by atoms with van der Waals surface area (Å²) < 4.78 is 0. The summed E-state index contributed by atoms with van der Waals surface area (Å²) in [5.74, 6) is -1.28. The molecule has 0 bridgehead atoms. The van der Waals surface area contributed by atoms with Crippen LogP contribution in [0.2, 0.25) is 0 Å². The van der Waals surface area contributed by atoms with Crippen LogP contribution in [0.4, 0.5) is 0 Å². The minimum absolute atomic E-state index is 0. The van der Waals surface area contributed by atoms with Gasteiger partial charge in [0.25, 0.3) is 0 Å². The molecule has 1 unspecified atom stereocenters. The van der Waals surface area contributed by atoms with Gasteiger partial charge in [0, 0.05) is 37.7 Å². The van der Waals surface area contributed by atoms with Gasteiger partial charge in [-0.15, -0.1) is 24.8 Å². The Bertz CT molecular complexity index is 1350. The average molecular weight is 633 g/mol. The molecule has 4 N–H and O–H groups in total. The summed E-state index contributed by atoms with van der Waals surface area (Å²) in [7, 11) is 0. The van der Waals surface area contributed by atoms with Crippen LogP contribution in [0, 0.1) is 5.41 Å². The zero-order valence-electron chi connectivity index (χ0n) is 24.9. The summed E-state index contributed by atoms with van der Waals surface area (Å²) in [4.78, 5) is 46.7. The molecule has 0 radical (unpaired) electrons. The van der Waals surface area contributed by atoms with E-state index in [1.54, 1.807) is 27.0 Å². The Hall–Kier alpha value is -3.08. The average Bonchev–Trinajstić information content (AvgIpc) is 3.51. The van der Waals surface area contributed by atoms with Crippen molar-refractivity contribution < 1.29 is 19.5 Å². The lowest BCUT2D eigenvalue weighted by atomic mass is 9.91. The number of carbonyl (C=O) groups is 3. The number of carbonyl (C=O) groups excluding carboxylic acids is 3. The van der Waals surface area contributed by atoms with Gasteiger partial charge in [-0.25, -0.2) is 0 Å². The molecule has 1 aliphatic heterocycles. The summed E-state index contributed by atoms with van der Waals surface area (Å²) in [6, 6.07) is 17.8. The zero-order valence-corrected chi connectivity index (χ0v) is 26.5. The van der Waals surface area contributed by atoms with Gasteiger partial charge in [-0.2, -0.15) is 0 Å². The predicted molar refractivity (Wildman–Crippen MR) is 173 cm³/mol. The quantitative estimate of drug-likeness (QED) is 0.256. The third-order valence-corrected chi connectivity index (χ3v) is 7.24. The number of fused-ring (bicyclic) bond motifs is 1. The lowest BCUT2D eigenvalue weighted by Crippen LogP contribution is -2.60. The molecule has 3 amide bonds. The molecule has 3 atom stereocenters. The van der Waals surface area contributed by atoms with Crippen LogP contribution in [0.3, 0.4) is 0 Å². The van der Waals surface area contributed by atoms with E-state index in [-0.39, 0.29) is 50.2 Å². The maximum Gasteiger partial charge on any atom is 0.247 e. The number of aliphatic hydroxyl groups is 1. The summed E-state index contributed by atoms with van der Waals surface area (Å²) in [6.07, 6.45) is 2.43. The van der Waals surface area contributed by atoms with Crippen molar-refractivity contribution in [3.63, 3.8) is 0 Å². The highest BCUT2D eigenvalue weighted by molar-refractivity contribution is 6.04. The summed E-state index contributed by atoms with van der Waals surface area (Å²) in [5, 5.41) is 21.8. The first-order chi connectivity index (χ1) is 19.6. The zero-order chi connectivity index (χ0) is 29.4. The van der Waals surface area contributed by atoms with E-state index >= 15 is 0 Å². The van der Waals surface area contributed by atoms with Crippen LogP contribution in [0.15, 0.2) is 66.9 Å². The third kappa shape index (κ3) is 9.98. The monoisotopic (exact) mass is 631 g/mol. The highest BCUT2D eigenvalue weighted by atomic mass is 35.5. The Labute approximate surface area is 266 Å². The normalized spacial score (nSPS) is 16.0. The van der Waals surface area contributed by atoms with Crippen LogP contribution in [0.1, 0.15) is 44.9 Å². The highest BCUT2D eigenvalue weighted by Crippen LogP contribution is 2.25. The third-order valence-electron chi connectivity index (χ3n) is 7.24. The van der Waals surface area contributed by atoms with Gasteiger partial charge < -0.3 is 21.1 Å². The number of amides is 3. The fourth-order valence-electron chi connectivity index (χ4n) is 4.99. The molecule has 1 aromatic heterocycles. The van der Waals surface area contributed by atoms with Crippen molar-refractivity contribution in [2.45, 2.75) is 64.8 Å². The van der Waals surface area contributed by atoms with Crippen LogP contribution in [-0.2, 0) is 27.3 Å². The van der Waals surface area contributed by atoms with Crippen LogP contribution < -0.4 is 16.0 Å². The lowest BCUT2D eigenvalue weighted by molar-refractivity contribution is -0.157. The molecular weight excluding hydrogens is 589 g/mol. The molecule has 1 fully saturated rings. The molecule has 2 aromatic carbocycles. The molecule has 43 heavy (non-hydrogen) atoms. The topological polar surface area (TPSA) is 124 Å². The molecule has 1 aliphatic rings. The Morgan fingerprint density at radius 1 is 1.02 bits per heavy atom. The van der Waals surface area contributed by atoms with Gasteiger partial charge in [-0.1, -0.05) is 69.3 Å². The standard InChI is InChI=1S/C32H41N5O4.2ClH/c1-32(2,3)31(41)37(30(40)27-12-8-16-35-27)28(18-22-13-14-23-9-4-5-10-24(23)17-22)29(39)36-21-26(38)20-33-19-25-11-6-7-15-34-25;;/h4-7,9-11,13-15,17,26-28,33,35,38H,8,12,16,18-21H2,1-3H3,(H,36,39);2*1H/t26?,27-,28+;;/m0../s1. The molecule has 1 saturated heterocycles. The Morgan fingerprint density at radius 3 is 2.40 bits per heavy atom. The minimum atomic E-state index is -1.08. The first-order valence-corrected chi connectivity index (χ1v) is 14.3. The van der Waals surface area contributed by atoms with Gasteiger partial charge >= 0.3 is 0 Å². The fraction of sp³-hybridized carbons (Fsp3) is 0.438. The molecule has 2 heterocycles. The van der Waals surface area contributed by atoms with Crippen molar-refractivity contribution in [3.05, 3.63) is 78.1 Å². The van der Waals surface area contributed by atoms with Crippen LogP contribution >= 0.6 is 24.8 Å². The maximum atomic E-state index is 13.8. The first-order valence-electron chi connectivity index (χ1n) is 14.3. The van der Waals surface area contributed by atoms with Crippen molar-refractivity contribution in [2.75, 3.05) is 19.6 Å². The number of nitrogens with zero attached hydrogens (tertiary/aromatic N) is 2. The first kappa shape index (κ1) is 36.1. The smallest absolute Gasteiger partial charge is 0.247 e. The molecule has 234 valence electrons. The Morgan fingerprint density at radius 2 is 1.74 bits per heavy atom. The van der Waals surface area contributed by atoms with E-state index in [9.17, 15) is 19.5 Å². The van der Waals surface area contributed by atoms with E-state index < -0.39 is 35.4 Å². The number of pyridine rings is 1. The molecule has 4 rings (SSSR count). The maximum absolute atomic E-state index is 13.8. The van der Waals surface area contributed by atoms with Gasteiger partial charge in [0.1, 0.15) is 6.04 Å². The van der Waals surface area contributed by atoms with Crippen molar-refractivity contribution in [3.8, 4) is 0 Å². The van der Waals surface area contributed by atoms with Crippen LogP contribution in [0.25, 0.3) is 10.8 Å². The molecule has 0 spiro atoms. The second-order valence-corrected chi connectivity index (χ2v) is 11.7. The molecule has 11 heteroatoms. The number of nitrogens with one attached hydrogen (secondary N) is 3. The van der Waals surface area contributed by atoms with Crippen molar-refractivity contribution in [2.24, 2.45) is 5.41 Å². The highest BCUT2D eigenvalue weighted by Gasteiger charge is 2.42. The number of aliphatic hydroxyl groups excluding tert-OH is 1. The van der Waals surface area contributed by atoms with Gasteiger partial charge in [0.05, 0.1) is 17.8 Å². The number of aromatic nitrogens is 1. The molecule has 0 aliphatic carbocycles. The number of benzene rings is 2. The van der Waals surface area contributed by atoms with Gasteiger partial charge in [0.2, 0.25) is 17.7 Å². The number of imide groups is 1. The number of hydrogen-bond acceptors (Lipinski definition) is 7. The van der Waals surface area contributed by atoms with Gasteiger partial charge in [-0.3, -0.25) is 24.3 Å². The number of hydrogen-bond donors (Lipinski definition) is 4. The van der Waals surface area contributed by atoms with E-state index in [1.165, 1.54) is 4.90 Å². The van der Waals surface area contributed by atoms with Crippen LogP contribution in [0.5, 0.6) is 0 Å². The van der Waals surface area contributed by atoms with Crippen molar-refractivity contribution in [1.29, 1.82) is 0 Å². The lowest BCUT2D eigenvalue weighted by Gasteiger charge is -2.35. The molecular formula is C32H43Cl2N5O4. The Balaban J connectivity index is 0.00000323. The molecule has 3 aromatic rings. The summed E-state index contributed by atoms with van der Waals surface area (Å²) >= 11 is 0. The predicted octanol–water partition coefficient (Wildman–Crippen LogP) is 3.41.